The molecule has 0 bridgehead atoms. The Hall–Kier alpha value is -1.84. The van der Waals surface area contributed by atoms with Gasteiger partial charge in [0.05, 0.1) is 0 Å². The van der Waals surface area contributed by atoms with E-state index in [1.165, 1.54) is 18.3 Å². The third kappa shape index (κ3) is 4.57. The third-order valence-corrected chi connectivity index (χ3v) is 5.25. The molecule has 9 heteroatoms. The summed E-state index contributed by atoms with van der Waals surface area (Å²) in [6, 6.07) is 2.52. The largest absolute Gasteiger partial charge is 0.385 e. The number of aromatic nitrogens is 1. The molecular formula is C14H17FN3O3S2+. The summed E-state index contributed by atoms with van der Waals surface area (Å²) >= 11 is 1.15. The van der Waals surface area contributed by atoms with Crippen molar-refractivity contribution in [3.8, 4) is 0 Å². The quantitative estimate of drug-likeness (QED) is 0.382. The molecule has 2 aromatic rings. The van der Waals surface area contributed by atoms with E-state index in [0.29, 0.717) is 30.6 Å². The van der Waals surface area contributed by atoms with Crippen LogP contribution < -0.4 is 10.0 Å². The molecule has 6 nitrogen and oxygen atoms in total. The number of nitrogens with zero attached hydrogens (tertiary/aromatic N) is 1. The van der Waals surface area contributed by atoms with Gasteiger partial charge in [0.15, 0.2) is 5.82 Å². The second-order valence-electron chi connectivity index (χ2n) is 4.80. The molecule has 0 aliphatic heterocycles. The topological polar surface area (TPSA) is 91.3 Å². The molecule has 23 heavy (non-hydrogen) atoms. The number of carbonyl (C=O) groups is 1. The van der Waals surface area contributed by atoms with Crippen LogP contribution in [0.1, 0.15) is 18.4 Å². The number of rotatable bonds is 8. The minimum absolute atomic E-state index is 0.241. The SMILES string of the molecule is Cc1cc([S+](=O)(O)Nc2nccs2)c(F)cc1NCCCC=O. The van der Waals surface area contributed by atoms with Crippen LogP contribution in [0.25, 0.3) is 0 Å². The van der Waals surface area contributed by atoms with E-state index in [9.17, 15) is 17.9 Å². The first-order chi connectivity index (χ1) is 10.9. The van der Waals surface area contributed by atoms with Crippen molar-refractivity contribution in [1.82, 2.24) is 4.98 Å². The predicted molar refractivity (Wildman–Crippen MR) is 89.6 cm³/mol. The lowest BCUT2D eigenvalue weighted by Gasteiger charge is -2.11. The van der Waals surface area contributed by atoms with E-state index in [1.54, 1.807) is 12.3 Å². The zero-order valence-corrected chi connectivity index (χ0v) is 14.0. The van der Waals surface area contributed by atoms with E-state index < -0.39 is 16.2 Å². The van der Waals surface area contributed by atoms with E-state index in [2.05, 4.69) is 15.0 Å². The fraction of sp³-hybridized carbons (Fsp3) is 0.286. The number of aryl methyl sites for hydroxylation is 1. The monoisotopic (exact) mass is 358 g/mol. The summed E-state index contributed by atoms with van der Waals surface area (Å²) in [5.41, 5.74) is 1.16. The Morgan fingerprint density at radius 1 is 1.48 bits per heavy atom. The molecule has 1 unspecified atom stereocenters. The van der Waals surface area contributed by atoms with Gasteiger partial charge in [0.2, 0.25) is 5.13 Å². The average Bonchev–Trinajstić information content (AvgIpc) is 2.98. The first-order valence-corrected chi connectivity index (χ1v) is 9.25. The van der Waals surface area contributed by atoms with Gasteiger partial charge in [-0.1, -0.05) is 0 Å². The Labute approximate surface area is 138 Å². The van der Waals surface area contributed by atoms with Crippen LogP contribution in [0.5, 0.6) is 0 Å². The zero-order chi connectivity index (χ0) is 16.9. The first kappa shape index (κ1) is 17.5. The van der Waals surface area contributed by atoms with Crippen molar-refractivity contribution in [2.24, 2.45) is 0 Å². The van der Waals surface area contributed by atoms with Gasteiger partial charge in [0.25, 0.3) is 4.90 Å². The number of anilines is 2. The van der Waals surface area contributed by atoms with Crippen LogP contribution in [0.3, 0.4) is 0 Å². The molecule has 124 valence electrons. The van der Waals surface area contributed by atoms with Crippen LogP contribution in [-0.2, 0) is 19.4 Å². The van der Waals surface area contributed by atoms with Crippen LogP contribution >= 0.6 is 11.3 Å². The van der Waals surface area contributed by atoms with E-state index in [4.69, 9.17) is 0 Å². The smallest absolute Gasteiger partial charge is 0.351 e. The molecule has 0 radical (unpaired) electrons. The van der Waals surface area contributed by atoms with E-state index in [0.717, 1.165) is 17.6 Å². The molecule has 1 heterocycles. The van der Waals surface area contributed by atoms with Gasteiger partial charge in [-0.3, -0.25) is 0 Å². The lowest BCUT2D eigenvalue weighted by atomic mass is 10.2. The first-order valence-electron chi connectivity index (χ1n) is 6.85. The van der Waals surface area contributed by atoms with Gasteiger partial charge in [-0.2, -0.15) is 4.55 Å². The maximum Gasteiger partial charge on any atom is 0.351 e. The van der Waals surface area contributed by atoms with Crippen LogP contribution in [0.2, 0.25) is 0 Å². The van der Waals surface area contributed by atoms with Crippen molar-refractivity contribution in [1.29, 1.82) is 0 Å². The van der Waals surface area contributed by atoms with Crippen molar-refractivity contribution >= 4 is 38.8 Å². The number of aldehydes is 1. The fourth-order valence-corrected chi connectivity index (χ4v) is 3.88. The van der Waals surface area contributed by atoms with Crippen molar-refractivity contribution in [2.45, 2.75) is 24.7 Å². The van der Waals surface area contributed by atoms with Gasteiger partial charge in [-0.25, -0.2) is 9.37 Å². The highest BCUT2D eigenvalue weighted by molar-refractivity contribution is 7.99. The number of thiazole rings is 1. The average molecular weight is 358 g/mol. The van der Waals surface area contributed by atoms with E-state index in [1.807, 2.05) is 0 Å². The molecule has 0 fully saturated rings. The van der Waals surface area contributed by atoms with Crippen LogP contribution in [0, 0.1) is 12.7 Å². The Bertz CT molecular complexity index is 722. The number of hydrogen-bond acceptors (Lipinski definition) is 5. The minimum Gasteiger partial charge on any atom is -0.385 e. The van der Waals surface area contributed by atoms with Crippen LogP contribution in [-0.4, -0.2) is 22.4 Å². The maximum absolute atomic E-state index is 14.2. The van der Waals surface area contributed by atoms with Crippen molar-refractivity contribution in [2.75, 3.05) is 16.6 Å². The Morgan fingerprint density at radius 3 is 2.91 bits per heavy atom. The summed E-state index contributed by atoms with van der Waals surface area (Å²) in [7, 11) is -3.78. The summed E-state index contributed by atoms with van der Waals surface area (Å²) in [5.74, 6) is -0.787. The molecule has 3 N–H and O–H groups in total. The third-order valence-electron chi connectivity index (χ3n) is 3.05. The summed E-state index contributed by atoms with van der Waals surface area (Å²) in [6.45, 7) is 2.23. The van der Waals surface area contributed by atoms with Crippen molar-refractivity contribution < 1.29 is 17.9 Å². The highest BCUT2D eigenvalue weighted by Crippen LogP contribution is 2.28. The summed E-state index contributed by atoms with van der Waals surface area (Å²) < 4.78 is 39.0. The van der Waals surface area contributed by atoms with Gasteiger partial charge in [0, 0.05) is 42.4 Å². The van der Waals surface area contributed by atoms with Crippen molar-refractivity contribution in [3.05, 3.63) is 35.1 Å². The lowest BCUT2D eigenvalue weighted by molar-refractivity contribution is -0.107. The molecule has 0 saturated carbocycles. The molecule has 0 amide bonds. The van der Waals surface area contributed by atoms with Gasteiger partial charge >= 0.3 is 10.4 Å². The number of hydrogen-bond donors (Lipinski definition) is 3. The second kappa shape index (κ2) is 7.62. The summed E-state index contributed by atoms with van der Waals surface area (Å²) in [4.78, 5) is 13.8. The van der Waals surface area contributed by atoms with Crippen molar-refractivity contribution in [3.63, 3.8) is 0 Å². The summed E-state index contributed by atoms with van der Waals surface area (Å²) in [6.07, 6.45) is 3.36. The number of nitrogens with one attached hydrogen (secondary N) is 2. The van der Waals surface area contributed by atoms with Gasteiger partial charge in [-0.05, 0) is 23.1 Å². The Kier molecular flexibility index (Phi) is 5.80. The molecule has 2 rings (SSSR count). The molecule has 1 aromatic carbocycles. The highest BCUT2D eigenvalue weighted by atomic mass is 32.3. The molecular weight excluding hydrogens is 341 g/mol. The number of unbranched alkanes of at least 4 members (excludes halogenated alkanes) is 1. The predicted octanol–water partition coefficient (Wildman–Crippen LogP) is 3.34. The van der Waals surface area contributed by atoms with E-state index >= 15 is 0 Å². The standard InChI is InChI=1S/C14H16FN3O3S2/c1-10-8-13(23(20,21)18-14-17-5-7-22-14)11(15)9-12(10)16-4-2-3-6-19/h5-9H,2-4H2,1H3,(H2-,16,17,18,20,21)/p+1. The molecule has 0 saturated heterocycles. The lowest BCUT2D eigenvalue weighted by Crippen LogP contribution is -2.22. The van der Waals surface area contributed by atoms with Gasteiger partial charge < -0.3 is 10.1 Å². The normalized spacial score (nSPS) is 13.3. The number of carbonyl (C=O) groups excluding carboxylic acids is 1. The molecule has 0 aliphatic rings. The number of benzene rings is 1. The molecule has 1 atom stereocenters. The van der Waals surface area contributed by atoms with Gasteiger partial charge in [-0.15, -0.1) is 16.1 Å². The molecule has 0 spiro atoms. The Balaban J connectivity index is 2.18. The Morgan fingerprint density at radius 2 is 2.26 bits per heavy atom. The zero-order valence-electron chi connectivity index (χ0n) is 12.4. The fourth-order valence-electron chi connectivity index (χ4n) is 1.91. The van der Waals surface area contributed by atoms with Gasteiger partial charge in [0.1, 0.15) is 6.29 Å². The maximum atomic E-state index is 14.2. The number of halogens is 1. The van der Waals surface area contributed by atoms with E-state index in [-0.39, 0.29) is 10.0 Å². The van der Waals surface area contributed by atoms with Crippen LogP contribution in [0.4, 0.5) is 15.2 Å². The second-order valence-corrected chi connectivity index (χ2v) is 7.39. The minimum atomic E-state index is -3.78. The molecule has 1 aromatic heterocycles. The molecule has 0 aliphatic carbocycles. The summed E-state index contributed by atoms with van der Waals surface area (Å²) in [5, 5.41) is 4.89. The highest BCUT2D eigenvalue weighted by Gasteiger charge is 2.35. The van der Waals surface area contributed by atoms with Crippen LogP contribution in [0.15, 0.2) is 28.6 Å².